The summed E-state index contributed by atoms with van der Waals surface area (Å²) in [5, 5.41) is 10.3. The Hall–Kier alpha value is -3.50. The highest BCUT2D eigenvalue weighted by atomic mass is 19.1. The molecule has 1 amide bonds. The molecule has 35 heavy (non-hydrogen) atoms. The van der Waals surface area contributed by atoms with Crippen molar-refractivity contribution in [3.05, 3.63) is 82.3 Å². The molecule has 1 fully saturated rings. The van der Waals surface area contributed by atoms with Gasteiger partial charge in [-0.05, 0) is 30.3 Å². The molecule has 1 N–H and O–H groups in total. The van der Waals surface area contributed by atoms with Gasteiger partial charge in [0.05, 0.1) is 17.6 Å². The number of aliphatic hydroxyl groups is 1. The van der Waals surface area contributed by atoms with Gasteiger partial charge in [-0.3, -0.25) is 14.5 Å². The van der Waals surface area contributed by atoms with Gasteiger partial charge >= 0.3 is 0 Å². The molecule has 0 saturated carbocycles. The lowest BCUT2D eigenvalue weighted by atomic mass is 9.88. The third kappa shape index (κ3) is 3.82. The minimum absolute atomic E-state index is 0.0476. The van der Waals surface area contributed by atoms with Crippen molar-refractivity contribution in [2.24, 2.45) is 11.8 Å². The highest BCUT2D eigenvalue weighted by molar-refractivity contribution is 5.82. The third-order valence-electron chi connectivity index (χ3n) is 7.12. The summed E-state index contributed by atoms with van der Waals surface area (Å²) in [6.07, 6.45) is 4.51. The van der Waals surface area contributed by atoms with E-state index in [1.807, 2.05) is 6.07 Å². The molecule has 8 nitrogen and oxygen atoms in total. The molecule has 5 rings (SSSR count). The second-order valence-electron chi connectivity index (χ2n) is 9.26. The van der Waals surface area contributed by atoms with E-state index in [1.165, 1.54) is 11.2 Å². The number of hydrogen-bond acceptors (Lipinski definition) is 6. The highest BCUT2D eigenvalue weighted by Crippen LogP contribution is 2.50. The second kappa shape index (κ2) is 8.94. The van der Waals surface area contributed by atoms with Crippen molar-refractivity contribution in [1.82, 2.24) is 24.3 Å². The first-order valence-electron chi connectivity index (χ1n) is 11.3. The number of halogens is 2. The molecule has 0 aliphatic carbocycles. The molecule has 10 heteroatoms. The number of rotatable bonds is 5. The number of aliphatic hydroxyl groups excluding tert-OH is 1. The Morgan fingerprint density at radius 2 is 1.91 bits per heavy atom. The normalized spacial score (nSPS) is 23.2. The number of likely N-dealkylation sites (tertiary alicyclic amines) is 1. The number of benzene rings is 1. The summed E-state index contributed by atoms with van der Waals surface area (Å²) in [6, 6.07) is 5.56. The number of hydrogen-bond donors (Lipinski definition) is 1. The van der Waals surface area contributed by atoms with Crippen LogP contribution in [-0.2, 0) is 17.9 Å². The van der Waals surface area contributed by atoms with Crippen molar-refractivity contribution in [1.29, 1.82) is 0 Å². The SMILES string of the molecule is CN(C)C(=O)[C@@H]1[C@@H](CO)[C@@H]2Cn3c(ccc(-c4cncnc4)c3=O)[C@@H]2N1Cc1cc(F)ccc1F. The molecule has 2 aliphatic rings. The zero-order valence-corrected chi connectivity index (χ0v) is 19.3. The van der Waals surface area contributed by atoms with Gasteiger partial charge in [-0.2, -0.15) is 0 Å². The van der Waals surface area contributed by atoms with E-state index in [0.29, 0.717) is 23.4 Å². The van der Waals surface area contributed by atoms with Crippen LogP contribution in [-0.4, -0.2) is 62.1 Å². The smallest absolute Gasteiger partial charge is 0.258 e. The Labute approximate surface area is 200 Å². The maximum atomic E-state index is 14.6. The fraction of sp³-hybridized carbons (Fsp3) is 0.360. The van der Waals surface area contributed by atoms with Crippen molar-refractivity contribution in [2.75, 3.05) is 20.7 Å². The fourth-order valence-electron chi connectivity index (χ4n) is 5.55. The molecule has 4 heterocycles. The number of nitrogens with zero attached hydrogens (tertiary/aromatic N) is 5. The highest BCUT2D eigenvalue weighted by Gasteiger charge is 2.55. The summed E-state index contributed by atoms with van der Waals surface area (Å²) in [4.78, 5) is 37.9. The van der Waals surface area contributed by atoms with Crippen LogP contribution in [0.3, 0.4) is 0 Å². The standard InChI is InChI=1S/C25H25F2N5O3/c1-30(2)25(35)23-19(12-33)18-11-31-21(6-4-17(24(31)34)15-8-28-13-29-9-15)22(18)32(23)10-14-7-16(26)3-5-20(14)27/h3-9,13,18-19,22-23,33H,10-12H2,1-2H3/t18-,19-,22+,23-/m0/s1. The van der Waals surface area contributed by atoms with E-state index in [-0.39, 0.29) is 36.1 Å². The number of pyridine rings is 1. The molecule has 0 radical (unpaired) electrons. The molecule has 4 atom stereocenters. The lowest BCUT2D eigenvalue weighted by Crippen LogP contribution is -2.47. The van der Waals surface area contributed by atoms with Crippen molar-refractivity contribution in [3.8, 4) is 11.1 Å². The Bertz CT molecular complexity index is 1330. The number of carbonyl (C=O) groups excluding carboxylic acids is 1. The van der Waals surface area contributed by atoms with Gasteiger partial charge in [0.25, 0.3) is 5.56 Å². The fourth-order valence-corrected chi connectivity index (χ4v) is 5.55. The van der Waals surface area contributed by atoms with Gasteiger partial charge in [0.15, 0.2) is 0 Å². The number of carbonyl (C=O) groups is 1. The first-order valence-corrected chi connectivity index (χ1v) is 11.3. The number of likely N-dealkylation sites (N-methyl/N-ethyl adjacent to an activating group) is 1. The van der Waals surface area contributed by atoms with Crippen LogP contribution in [0.1, 0.15) is 17.3 Å². The van der Waals surface area contributed by atoms with Crippen LogP contribution in [0.5, 0.6) is 0 Å². The van der Waals surface area contributed by atoms with Crippen molar-refractivity contribution in [2.45, 2.75) is 25.2 Å². The van der Waals surface area contributed by atoms with E-state index in [4.69, 9.17) is 0 Å². The molecule has 2 aliphatic heterocycles. The molecule has 0 bridgehead atoms. The largest absolute Gasteiger partial charge is 0.396 e. The molecular weight excluding hydrogens is 456 g/mol. The molecule has 0 spiro atoms. The summed E-state index contributed by atoms with van der Waals surface area (Å²) in [5.41, 5.74) is 1.58. The first-order chi connectivity index (χ1) is 16.8. The van der Waals surface area contributed by atoms with Crippen LogP contribution in [0.25, 0.3) is 11.1 Å². The zero-order valence-electron chi connectivity index (χ0n) is 19.3. The Morgan fingerprint density at radius 1 is 1.17 bits per heavy atom. The zero-order chi connectivity index (χ0) is 24.9. The number of aromatic nitrogens is 3. The van der Waals surface area contributed by atoms with Crippen LogP contribution in [0.2, 0.25) is 0 Å². The lowest BCUT2D eigenvalue weighted by Gasteiger charge is -2.32. The van der Waals surface area contributed by atoms with Crippen LogP contribution in [0.4, 0.5) is 8.78 Å². The number of fused-ring (bicyclic) bond motifs is 3. The molecule has 0 unspecified atom stereocenters. The minimum atomic E-state index is -0.751. The first kappa shape index (κ1) is 23.3. The molecule has 1 aromatic carbocycles. The Balaban J connectivity index is 1.62. The van der Waals surface area contributed by atoms with Gasteiger partial charge in [0, 0.05) is 74.8 Å². The monoisotopic (exact) mass is 481 g/mol. The summed E-state index contributed by atoms with van der Waals surface area (Å²) in [7, 11) is 3.25. The predicted octanol–water partition coefficient (Wildman–Crippen LogP) is 1.84. The van der Waals surface area contributed by atoms with Gasteiger partial charge in [0.2, 0.25) is 5.91 Å². The molecule has 1 saturated heterocycles. The topological polar surface area (TPSA) is 91.6 Å². The summed E-state index contributed by atoms with van der Waals surface area (Å²) >= 11 is 0. The van der Waals surface area contributed by atoms with E-state index in [1.54, 1.807) is 42.0 Å². The van der Waals surface area contributed by atoms with E-state index in [0.717, 1.165) is 18.2 Å². The predicted molar refractivity (Wildman–Crippen MR) is 123 cm³/mol. The Morgan fingerprint density at radius 3 is 2.60 bits per heavy atom. The van der Waals surface area contributed by atoms with Gasteiger partial charge in [0.1, 0.15) is 18.0 Å². The lowest BCUT2D eigenvalue weighted by molar-refractivity contribution is -0.136. The molecular formula is C25H25F2N5O3. The van der Waals surface area contributed by atoms with Gasteiger partial charge in [-0.25, -0.2) is 18.7 Å². The maximum absolute atomic E-state index is 14.6. The second-order valence-corrected chi connectivity index (χ2v) is 9.26. The minimum Gasteiger partial charge on any atom is -0.396 e. The maximum Gasteiger partial charge on any atom is 0.258 e. The molecule has 3 aromatic rings. The van der Waals surface area contributed by atoms with E-state index in [9.17, 15) is 23.5 Å². The van der Waals surface area contributed by atoms with Crippen molar-refractivity contribution >= 4 is 5.91 Å². The van der Waals surface area contributed by atoms with E-state index < -0.39 is 29.6 Å². The van der Waals surface area contributed by atoms with Crippen molar-refractivity contribution < 1.29 is 18.7 Å². The quantitative estimate of drug-likeness (QED) is 0.598. The van der Waals surface area contributed by atoms with Gasteiger partial charge in [-0.15, -0.1) is 0 Å². The Kier molecular flexibility index (Phi) is 5.94. The summed E-state index contributed by atoms with van der Waals surface area (Å²) in [5.74, 6) is -2.15. The van der Waals surface area contributed by atoms with Crippen LogP contribution in [0, 0.1) is 23.5 Å². The average molecular weight is 482 g/mol. The number of amides is 1. The summed E-state index contributed by atoms with van der Waals surface area (Å²) in [6.45, 7) is -0.0332. The van der Waals surface area contributed by atoms with Crippen LogP contribution >= 0.6 is 0 Å². The van der Waals surface area contributed by atoms with E-state index in [2.05, 4.69) is 9.97 Å². The molecule has 182 valence electrons. The van der Waals surface area contributed by atoms with Crippen LogP contribution < -0.4 is 5.56 Å². The van der Waals surface area contributed by atoms with Gasteiger partial charge < -0.3 is 14.6 Å². The third-order valence-corrected chi connectivity index (χ3v) is 7.12. The van der Waals surface area contributed by atoms with Crippen LogP contribution in [0.15, 0.2) is 53.8 Å². The molecule has 2 aromatic heterocycles. The summed E-state index contributed by atoms with van der Waals surface area (Å²) < 4.78 is 30.2. The van der Waals surface area contributed by atoms with Gasteiger partial charge in [-0.1, -0.05) is 0 Å². The average Bonchev–Trinajstić information content (AvgIpc) is 3.37. The van der Waals surface area contributed by atoms with E-state index >= 15 is 0 Å². The van der Waals surface area contributed by atoms with Crippen molar-refractivity contribution in [3.63, 3.8) is 0 Å².